The van der Waals surface area contributed by atoms with Gasteiger partial charge in [0.15, 0.2) is 6.61 Å². The molecule has 1 aromatic carbocycles. The topological polar surface area (TPSA) is 51.7 Å². The second kappa shape index (κ2) is 8.41. The fourth-order valence-corrected chi connectivity index (χ4v) is 2.87. The van der Waals surface area contributed by atoms with Gasteiger partial charge in [-0.1, -0.05) is 6.07 Å². The van der Waals surface area contributed by atoms with E-state index >= 15 is 0 Å². The van der Waals surface area contributed by atoms with Gasteiger partial charge < -0.3 is 14.4 Å². The van der Waals surface area contributed by atoms with Crippen molar-refractivity contribution in [3.8, 4) is 11.6 Å². The van der Waals surface area contributed by atoms with Crippen molar-refractivity contribution >= 4 is 5.91 Å². The van der Waals surface area contributed by atoms with Crippen LogP contribution in [0.15, 0.2) is 42.6 Å². The molecule has 2 aromatic rings. The first-order chi connectivity index (χ1) is 14.0. The molecule has 1 atom stereocenters. The summed E-state index contributed by atoms with van der Waals surface area (Å²) in [6.07, 6.45) is -8.26. The standard InChI is InChI=1S/C19H16F6N2O3/c20-18(21,22)12-2-1-3-14(8-12)29-11-17(28)27-7-5-15(10-27)30-16-9-13(4-6-26-16)19(23,24)25/h1-4,6,8-9,15H,5,7,10-11H2. The van der Waals surface area contributed by atoms with Gasteiger partial charge >= 0.3 is 12.4 Å². The Morgan fingerprint density at radius 2 is 1.77 bits per heavy atom. The van der Waals surface area contributed by atoms with Gasteiger partial charge in [-0.2, -0.15) is 26.3 Å². The van der Waals surface area contributed by atoms with Crippen molar-refractivity contribution in [3.05, 3.63) is 53.7 Å². The molecule has 1 saturated heterocycles. The number of halogens is 6. The summed E-state index contributed by atoms with van der Waals surface area (Å²) in [5.41, 5.74) is -1.79. The third-order valence-electron chi connectivity index (χ3n) is 4.37. The second-order valence-electron chi connectivity index (χ2n) is 6.56. The number of ether oxygens (including phenoxy) is 2. The minimum absolute atomic E-state index is 0.0988. The molecule has 1 aliphatic rings. The lowest BCUT2D eigenvalue weighted by molar-refractivity contribution is -0.138. The van der Waals surface area contributed by atoms with Gasteiger partial charge in [0.05, 0.1) is 17.7 Å². The van der Waals surface area contributed by atoms with E-state index in [1.807, 2.05) is 0 Å². The van der Waals surface area contributed by atoms with E-state index in [1.54, 1.807) is 0 Å². The van der Waals surface area contributed by atoms with Crippen molar-refractivity contribution in [1.29, 1.82) is 0 Å². The molecule has 0 aliphatic carbocycles. The summed E-state index contributed by atoms with van der Waals surface area (Å²) in [5, 5.41) is 0. The third-order valence-corrected chi connectivity index (χ3v) is 4.37. The molecule has 1 aromatic heterocycles. The van der Waals surface area contributed by atoms with Crippen LogP contribution in [0.4, 0.5) is 26.3 Å². The summed E-state index contributed by atoms with van der Waals surface area (Å²) in [6.45, 7) is -0.104. The van der Waals surface area contributed by atoms with E-state index in [9.17, 15) is 31.1 Å². The summed E-state index contributed by atoms with van der Waals surface area (Å²) in [4.78, 5) is 17.4. The van der Waals surface area contributed by atoms with Crippen LogP contribution in [-0.4, -0.2) is 41.6 Å². The SMILES string of the molecule is O=C(COc1cccc(C(F)(F)F)c1)N1CCC(Oc2cc(C(F)(F)F)ccn2)C1. The number of carbonyl (C=O) groups excluding carboxylic acids is 1. The van der Waals surface area contributed by atoms with Crippen molar-refractivity contribution in [1.82, 2.24) is 9.88 Å². The molecular weight excluding hydrogens is 418 g/mol. The maximum atomic E-state index is 12.8. The number of amides is 1. The number of aromatic nitrogens is 1. The van der Waals surface area contributed by atoms with Gasteiger partial charge in [-0.15, -0.1) is 0 Å². The summed E-state index contributed by atoms with van der Waals surface area (Å²) in [6, 6.07) is 5.76. The minimum Gasteiger partial charge on any atom is -0.484 e. The van der Waals surface area contributed by atoms with Gasteiger partial charge in [-0.05, 0) is 24.3 Å². The molecule has 0 spiro atoms. The molecule has 0 saturated carbocycles. The summed E-state index contributed by atoms with van der Waals surface area (Å²) in [5.74, 6) is -0.779. The smallest absolute Gasteiger partial charge is 0.416 e. The highest BCUT2D eigenvalue weighted by molar-refractivity contribution is 5.78. The molecule has 1 aliphatic heterocycles. The molecule has 0 radical (unpaired) electrons. The van der Waals surface area contributed by atoms with Gasteiger partial charge in [0.25, 0.3) is 5.91 Å². The number of pyridine rings is 1. The van der Waals surface area contributed by atoms with Crippen LogP contribution in [0, 0.1) is 0 Å². The molecule has 3 rings (SSSR count). The molecule has 11 heteroatoms. The van der Waals surface area contributed by atoms with Crippen molar-refractivity contribution in [2.24, 2.45) is 0 Å². The summed E-state index contributed by atoms with van der Waals surface area (Å²) in [7, 11) is 0. The van der Waals surface area contributed by atoms with Crippen LogP contribution in [0.5, 0.6) is 11.6 Å². The van der Waals surface area contributed by atoms with Gasteiger partial charge in [0, 0.05) is 25.2 Å². The highest BCUT2D eigenvalue weighted by Crippen LogP contribution is 2.32. The van der Waals surface area contributed by atoms with Gasteiger partial charge in [0.1, 0.15) is 11.9 Å². The molecule has 0 bridgehead atoms. The fraction of sp³-hybridized carbons (Fsp3) is 0.368. The lowest BCUT2D eigenvalue weighted by atomic mass is 10.2. The highest BCUT2D eigenvalue weighted by atomic mass is 19.4. The number of carbonyl (C=O) groups is 1. The Balaban J connectivity index is 1.53. The van der Waals surface area contributed by atoms with Crippen molar-refractivity contribution in [2.45, 2.75) is 24.9 Å². The maximum absolute atomic E-state index is 12.8. The van der Waals surface area contributed by atoms with Crippen molar-refractivity contribution < 1.29 is 40.6 Å². The first-order valence-electron chi connectivity index (χ1n) is 8.80. The van der Waals surface area contributed by atoms with Crippen LogP contribution in [0.1, 0.15) is 17.5 Å². The number of hydrogen-bond donors (Lipinski definition) is 0. The Hall–Kier alpha value is -2.98. The number of nitrogens with zero attached hydrogens (tertiary/aromatic N) is 2. The van der Waals surface area contributed by atoms with E-state index in [0.717, 1.165) is 30.5 Å². The Bertz CT molecular complexity index is 900. The largest absolute Gasteiger partial charge is 0.484 e. The third kappa shape index (κ3) is 5.55. The van der Waals surface area contributed by atoms with Crippen molar-refractivity contribution in [2.75, 3.05) is 19.7 Å². The molecule has 2 heterocycles. The van der Waals surface area contributed by atoms with E-state index in [4.69, 9.17) is 9.47 Å². The normalized spacial score (nSPS) is 17.1. The predicted molar refractivity (Wildman–Crippen MR) is 91.8 cm³/mol. The Morgan fingerprint density at radius 1 is 1.07 bits per heavy atom. The predicted octanol–water partition coefficient (Wildman–Crippen LogP) is 4.18. The van der Waals surface area contributed by atoms with Crippen LogP contribution in [0.25, 0.3) is 0 Å². The number of benzene rings is 1. The number of hydrogen-bond acceptors (Lipinski definition) is 4. The van der Waals surface area contributed by atoms with Crippen LogP contribution in [0.2, 0.25) is 0 Å². The van der Waals surface area contributed by atoms with E-state index in [-0.39, 0.29) is 24.7 Å². The zero-order valence-corrected chi connectivity index (χ0v) is 15.3. The second-order valence-corrected chi connectivity index (χ2v) is 6.56. The van der Waals surface area contributed by atoms with Crippen molar-refractivity contribution in [3.63, 3.8) is 0 Å². The average molecular weight is 434 g/mol. The molecule has 1 unspecified atom stereocenters. The number of alkyl halides is 6. The maximum Gasteiger partial charge on any atom is 0.416 e. The lowest BCUT2D eigenvalue weighted by Crippen LogP contribution is -2.34. The van der Waals surface area contributed by atoms with E-state index in [0.29, 0.717) is 6.42 Å². The number of likely N-dealkylation sites (tertiary alicyclic amines) is 1. The Labute approximate surface area is 167 Å². The van der Waals surface area contributed by atoms with Gasteiger partial charge in [0.2, 0.25) is 5.88 Å². The Morgan fingerprint density at radius 3 is 2.47 bits per heavy atom. The quantitative estimate of drug-likeness (QED) is 0.663. The zero-order valence-electron chi connectivity index (χ0n) is 15.3. The zero-order chi connectivity index (χ0) is 21.9. The molecular formula is C19H16F6N2O3. The fourth-order valence-electron chi connectivity index (χ4n) is 2.87. The van der Waals surface area contributed by atoms with Crippen LogP contribution >= 0.6 is 0 Å². The number of rotatable bonds is 5. The van der Waals surface area contributed by atoms with E-state index < -0.39 is 42.1 Å². The van der Waals surface area contributed by atoms with Gasteiger partial charge in [-0.3, -0.25) is 4.79 Å². The molecule has 162 valence electrons. The Kier molecular flexibility index (Phi) is 6.09. The minimum atomic E-state index is -4.53. The van der Waals surface area contributed by atoms with E-state index in [2.05, 4.69) is 4.98 Å². The molecule has 5 nitrogen and oxygen atoms in total. The highest BCUT2D eigenvalue weighted by Gasteiger charge is 2.33. The summed E-state index contributed by atoms with van der Waals surface area (Å²) >= 11 is 0. The van der Waals surface area contributed by atoms with Crippen LogP contribution < -0.4 is 9.47 Å². The molecule has 30 heavy (non-hydrogen) atoms. The molecule has 1 fully saturated rings. The van der Waals surface area contributed by atoms with Gasteiger partial charge in [-0.25, -0.2) is 4.98 Å². The average Bonchev–Trinajstić information content (AvgIpc) is 3.14. The monoisotopic (exact) mass is 434 g/mol. The van der Waals surface area contributed by atoms with Crippen LogP contribution in [0.3, 0.4) is 0 Å². The molecule has 0 N–H and O–H groups in total. The first-order valence-corrected chi connectivity index (χ1v) is 8.80. The lowest BCUT2D eigenvalue weighted by Gasteiger charge is -2.18. The van der Waals surface area contributed by atoms with Crippen LogP contribution in [-0.2, 0) is 17.1 Å². The van der Waals surface area contributed by atoms with E-state index in [1.165, 1.54) is 17.0 Å². The first kappa shape index (κ1) is 21.7. The molecule has 1 amide bonds. The summed E-state index contributed by atoms with van der Waals surface area (Å²) < 4.78 is 87.0.